The van der Waals surface area contributed by atoms with Gasteiger partial charge in [0.05, 0.1) is 6.61 Å². The van der Waals surface area contributed by atoms with Crippen LogP contribution in [0.3, 0.4) is 0 Å². The number of hydrogen-bond acceptors (Lipinski definition) is 2. The summed E-state index contributed by atoms with van der Waals surface area (Å²) in [6.45, 7) is 4.12. The molecule has 2 nitrogen and oxygen atoms in total. The summed E-state index contributed by atoms with van der Waals surface area (Å²) in [6.07, 6.45) is 3.63. The van der Waals surface area contributed by atoms with E-state index in [4.69, 9.17) is 0 Å². The van der Waals surface area contributed by atoms with Crippen molar-refractivity contribution >= 4 is 5.97 Å². The second-order valence-corrected chi connectivity index (χ2v) is 1.76. The van der Waals surface area contributed by atoms with Crippen LogP contribution in [0.4, 0.5) is 0 Å². The normalized spacial score (nSPS) is 8.91. The number of carbonyl (C=O) groups excluding carboxylic acids is 1. The maximum atomic E-state index is 10.6. The van der Waals surface area contributed by atoms with E-state index < -0.39 is 0 Å². The molecule has 0 radical (unpaired) electrons. The van der Waals surface area contributed by atoms with Gasteiger partial charge in [0.1, 0.15) is 0 Å². The fourth-order valence-corrected chi connectivity index (χ4v) is 0.461. The Bertz CT molecular complexity index is 193. The van der Waals surface area contributed by atoms with Crippen molar-refractivity contribution in [3.63, 3.8) is 0 Å². The predicted octanol–water partition coefficient (Wildman–Crippen LogP) is 1.52. The lowest BCUT2D eigenvalue weighted by Gasteiger charge is -1.91. The molecule has 11 heavy (non-hydrogen) atoms. The molecule has 0 atom stereocenters. The van der Waals surface area contributed by atoms with Crippen LogP contribution < -0.4 is 0 Å². The van der Waals surface area contributed by atoms with Gasteiger partial charge in [0, 0.05) is 12.5 Å². The Labute approximate surface area is 67.2 Å². The molecule has 0 unspecified atom stereocenters. The molecule has 0 rings (SSSR count). The van der Waals surface area contributed by atoms with Crippen molar-refractivity contribution in [2.24, 2.45) is 0 Å². The molecule has 0 heterocycles. The zero-order valence-electron chi connectivity index (χ0n) is 6.89. The molecule has 0 aromatic heterocycles. The van der Waals surface area contributed by atoms with Gasteiger partial charge < -0.3 is 4.74 Å². The SMILES string of the molecule is CCC#CC=CC(=O)OCC. The lowest BCUT2D eigenvalue weighted by atomic mass is 10.4. The number of hydrogen-bond donors (Lipinski definition) is 0. The molecular formula is C9H12O2. The van der Waals surface area contributed by atoms with Gasteiger partial charge in [-0.15, -0.1) is 0 Å². The summed E-state index contributed by atoms with van der Waals surface area (Å²) in [5.41, 5.74) is 0. The summed E-state index contributed by atoms with van der Waals surface area (Å²) in [5.74, 6) is 5.16. The highest BCUT2D eigenvalue weighted by atomic mass is 16.5. The van der Waals surface area contributed by atoms with Crippen molar-refractivity contribution in [3.8, 4) is 11.8 Å². The summed E-state index contributed by atoms with van der Waals surface area (Å²) < 4.78 is 4.63. The largest absolute Gasteiger partial charge is 0.463 e. The minimum absolute atomic E-state index is 0.335. The Morgan fingerprint density at radius 2 is 2.27 bits per heavy atom. The first-order valence-electron chi connectivity index (χ1n) is 3.63. The fraction of sp³-hybridized carbons (Fsp3) is 0.444. The molecule has 0 aliphatic rings. The first-order valence-corrected chi connectivity index (χ1v) is 3.63. The number of carbonyl (C=O) groups is 1. The van der Waals surface area contributed by atoms with Crippen LogP contribution in [-0.4, -0.2) is 12.6 Å². The van der Waals surface area contributed by atoms with Crippen LogP contribution in [-0.2, 0) is 9.53 Å². The molecule has 0 amide bonds. The van der Waals surface area contributed by atoms with Crippen LogP contribution in [0.2, 0.25) is 0 Å². The second kappa shape index (κ2) is 6.88. The van der Waals surface area contributed by atoms with Crippen LogP contribution in [0.15, 0.2) is 12.2 Å². The van der Waals surface area contributed by atoms with E-state index in [2.05, 4.69) is 16.6 Å². The molecule has 0 bridgehead atoms. The zero-order valence-corrected chi connectivity index (χ0v) is 6.89. The maximum absolute atomic E-state index is 10.6. The van der Waals surface area contributed by atoms with Crippen LogP contribution in [0, 0.1) is 11.8 Å². The molecule has 60 valence electrons. The van der Waals surface area contributed by atoms with Gasteiger partial charge in [0.25, 0.3) is 0 Å². The third-order valence-corrected chi connectivity index (χ3v) is 0.868. The Morgan fingerprint density at radius 1 is 1.55 bits per heavy atom. The summed E-state index contributed by atoms with van der Waals surface area (Å²) in [4.78, 5) is 10.6. The predicted molar refractivity (Wildman–Crippen MR) is 43.8 cm³/mol. The maximum Gasteiger partial charge on any atom is 0.331 e. The van der Waals surface area contributed by atoms with E-state index in [9.17, 15) is 4.79 Å². The minimum atomic E-state index is -0.335. The molecule has 0 aromatic carbocycles. The fourth-order valence-electron chi connectivity index (χ4n) is 0.461. The van der Waals surface area contributed by atoms with E-state index in [0.29, 0.717) is 6.61 Å². The third-order valence-electron chi connectivity index (χ3n) is 0.868. The molecule has 0 saturated carbocycles. The van der Waals surface area contributed by atoms with E-state index >= 15 is 0 Å². The molecule has 0 spiro atoms. The van der Waals surface area contributed by atoms with Gasteiger partial charge >= 0.3 is 5.97 Å². The quantitative estimate of drug-likeness (QED) is 0.340. The highest BCUT2D eigenvalue weighted by Crippen LogP contribution is 1.79. The third kappa shape index (κ3) is 6.66. The van der Waals surface area contributed by atoms with Crippen LogP contribution in [0.25, 0.3) is 0 Å². The summed E-state index contributed by atoms with van der Waals surface area (Å²) in [7, 11) is 0. The lowest BCUT2D eigenvalue weighted by Crippen LogP contribution is -1.98. The van der Waals surface area contributed by atoms with E-state index in [0.717, 1.165) is 6.42 Å². The number of ether oxygens (including phenoxy) is 1. The Balaban J connectivity index is 3.65. The van der Waals surface area contributed by atoms with Crippen molar-refractivity contribution < 1.29 is 9.53 Å². The minimum Gasteiger partial charge on any atom is -0.463 e. The van der Waals surface area contributed by atoms with E-state index in [1.54, 1.807) is 6.92 Å². The molecule has 0 aromatic rings. The first kappa shape index (κ1) is 9.77. The number of rotatable bonds is 2. The molecular weight excluding hydrogens is 140 g/mol. The zero-order chi connectivity index (χ0) is 8.53. The van der Waals surface area contributed by atoms with Crippen molar-refractivity contribution in [1.29, 1.82) is 0 Å². The standard InChI is InChI=1S/C9H12O2/c1-3-5-6-7-8-9(10)11-4-2/h7-8H,3-4H2,1-2H3. The van der Waals surface area contributed by atoms with Crippen molar-refractivity contribution in [1.82, 2.24) is 0 Å². The summed E-state index contributed by atoms with van der Waals surface area (Å²) in [5, 5.41) is 0. The van der Waals surface area contributed by atoms with Crippen LogP contribution >= 0.6 is 0 Å². The van der Waals surface area contributed by atoms with Gasteiger partial charge in [-0.25, -0.2) is 4.79 Å². The highest BCUT2D eigenvalue weighted by Gasteiger charge is 1.89. The molecule has 0 fully saturated rings. The van der Waals surface area contributed by atoms with Gasteiger partial charge in [0.15, 0.2) is 0 Å². The monoisotopic (exact) mass is 152 g/mol. The number of esters is 1. The Morgan fingerprint density at radius 3 is 2.82 bits per heavy atom. The average molecular weight is 152 g/mol. The van der Waals surface area contributed by atoms with Crippen LogP contribution in [0.5, 0.6) is 0 Å². The van der Waals surface area contributed by atoms with Crippen molar-refractivity contribution in [2.45, 2.75) is 20.3 Å². The summed E-state index contributed by atoms with van der Waals surface area (Å²) in [6, 6.07) is 0. The highest BCUT2D eigenvalue weighted by molar-refractivity contribution is 5.82. The molecule has 0 aliphatic carbocycles. The van der Waals surface area contributed by atoms with Crippen molar-refractivity contribution in [2.75, 3.05) is 6.61 Å². The first-order chi connectivity index (χ1) is 5.31. The Hall–Kier alpha value is -1.23. The Kier molecular flexibility index (Phi) is 6.11. The van der Waals surface area contributed by atoms with E-state index in [-0.39, 0.29) is 5.97 Å². The molecule has 0 saturated heterocycles. The van der Waals surface area contributed by atoms with Gasteiger partial charge in [-0.3, -0.25) is 0 Å². The van der Waals surface area contributed by atoms with E-state index in [1.165, 1.54) is 12.2 Å². The van der Waals surface area contributed by atoms with Crippen LogP contribution in [0.1, 0.15) is 20.3 Å². The topological polar surface area (TPSA) is 26.3 Å². The lowest BCUT2D eigenvalue weighted by molar-refractivity contribution is -0.137. The van der Waals surface area contributed by atoms with E-state index in [1.807, 2.05) is 6.92 Å². The smallest absolute Gasteiger partial charge is 0.331 e. The van der Waals surface area contributed by atoms with Gasteiger partial charge in [-0.2, -0.15) is 0 Å². The van der Waals surface area contributed by atoms with Gasteiger partial charge in [0.2, 0.25) is 0 Å². The van der Waals surface area contributed by atoms with Gasteiger partial charge in [-0.05, 0) is 13.0 Å². The van der Waals surface area contributed by atoms with Crippen molar-refractivity contribution in [3.05, 3.63) is 12.2 Å². The molecule has 0 aliphatic heterocycles. The summed E-state index contributed by atoms with van der Waals surface area (Å²) >= 11 is 0. The average Bonchev–Trinajstić information content (AvgIpc) is 1.99. The second-order valence-electron chi connectivity index (χ2n) is 1.76. The molecule has 2 heteroatoms. The number of allylic oxidation sites excluding steroid dienone is 1. The molecule has 0 N–H and O–H groups in total. The van der Waals surface area contributed by atoms with Gasteiger partial charge in [-0.1, -0.05) is 18.8 Å².